The molecule has 0 aromatic heterocycles. The monoisotopic (exact) mass is 513 g/mol. The van der Waals surface area contributed by atoms with Gasteiger partial charge < -0.3 is 33.9 Å². The summed E-state index contributed by atoms with van der Waals surface area (Å²) >= 11 is 0. The van der Waals surface area contributed by atoms with Crippen molar-refractivity contribution in [2.45, 2.75) is 12.0 Å². The van der Waals surface area contributed by atoms with E-state index in [1.165, 1.54) is 14.2 Å². The first-order valence-corrected chi connectivity index (χ1v) is 12.3. The van der Waals surface area contributed by atoms with Crippen molar-refractivity contribution in [2.24, 2.45) is 0 Å². The van der Waals surface area contributed by atoms with Crippen LogP contribution in [0.25, 0.3) is 0 Å². The number of hydrogen-bond acceptors (Lipinski definition) is 8. The highest BCUT2D eigenvalue weighted by Gasteiger charge is 2.43. The summed E-state index contributed by atoms with van der Waals surface area (Å²) < 4.78 is 27.3. The summed E-state index contributed by atoms with van der Waals surface area (Å²) in [4.78, 5) is 31.3. The second-order valence-electron chi connectivity index (χ2n) is 8.99. The van der Waals surface area contributed by atoms with E-state index in [-0.39, 0.29) is 11.8 Å². The SMILES string of the molecule is COc1ccc([C@@H]2[C@@H](C(=O)NCCN3CCOCC3)c3cc(OC)c(OC)cc3C(=O)N2C)cc1OC. The van der Waals surface area contributed by atoms with Gasteiger partial charge >= 0.3 is 0 Å². The number of hydrogen-bond donors (Lipinski definition) is 1. The van der Waals surface area contributed by atoms with E-state index in [4.69, 9.17) is 23.7 Å². The number of amides is 2. The summed E-state index contributed by atoms with van der Waals surface area (Å²) in [6, 6.07) is 8.25. The summed E-state index contributed by atoms with van der Waals surface area (Å²) in [5.74, 6) is 0.879. The number of nitrogens with zero attached hydrogens (tertiary/aromatic N) is 2. The lowest BCUT2D eigenvalue weighted by molar-refractivity contribution is -0.124. The van der Waals surface area contributed by atoms with Crippen LogP contribution in [0.1, 0.15) is 33.4 Å². The molecule has 0 bridgehead atoms. The average molecular weight is 514 g/mol. The summed E-state index contributed by atoms with van der Waals surface area (Å²) in [7, 11) is 7.87. The Morgan fingerprint density at radius 2 is 1.57 bits per heavy atom. The molecule has 1 N–H and O–H groups in total. The predicted molar refractivity (Wildman–Crippen MR) is 137 cm³/mol. The number of morpholine rings is 1. The zero-order valence-electron chi connectivity index (χ0n) is 22.0. The zero-order valence-corrected chi connectivity index (χ0v) is 22.0. The lowest BCUT2D eigenvalue weighted by atomic mass is 9.79. The number of nitrogens with one attached hydrogen (secondary N) is 1. The smallest absolute Gasteiger partial charge is 0.254 e. The van der Waals surface area contributed by atoms with Crippen LogP contribution in [0.2, 0.25) is 0 Å². The van der Waals surface area contributed by atoms with E-state index < -0.39 is 12.0 Å². The standard InChI is InChI=1S/C27H35N3O7/c1-29-25(17-6-7-20(33-2)21(14-17)34-3)24(26(31)28-8-9-30-10-12-37-13-11-30)18-15-22(35-4)23(36-5)16-19(18)27(29)32/h6-7,14-16,24-25H,8-13H2,1-5H3,(H,28,31)/t24-,25+/m0/s1. The molecule has 200 valence electrons. The Kier molecular flexibility index (Phi) is 8.40. The van der Waals surface area contributed by atoms with Gasteiger partial charge in [-0.05, 0) is 35.4 Å². The maximum absolute atomic E-state index is 13.8. The van der Waals surface area contributed by atoms with E-state index in [1.807, 2.05) is 12.1 Å². The number of ether oxygens (including phenoxy) is 5. The fourth-order valence-electron chi connectivity index (χ4n) is 5.06. The maximum Gasteiger partial charge on any atom is 0.254 e. The van der Waals surface area contributed by atoms with E-state index in [0.29, 0.717) is 53.9 Å². The van der Waals surface area contributed by atoms with E-state index in [0.717, 1.165) is 25.2 Å². The number of benzene rings is 2. The molecule has 2 aliphatic rings. The van der Waals surface area contributed by atoms with Crippen molar-refractivity contribution in [2.75, 3.05) is 74.9 Å². The van der Waals surface area contributed by atoms with Gasteiger partial charge in [0.25, 0.3) is 5.91 Å². The van der Waals surface area contributed by atoms with Gasteiger partial charge in [-0.2, -0.15) is 0 Å². The molecule has 4 rings (SSSR count). The fourth-order valence-corrected chi connectivity index (χ4v) is 5.06. The molecule has 1 saturated heterocycles. The molecule has 0 unspecified atom stereocenters. The number of likely N-dealkylation sites (N-methyl/N-ethyl adjacent to an activating group) is 1. The number of methoxy groups -OCH3 is 4. The Morgan fingerprint density at radius 1 is 0.946 bits per heavy atom. The van der Waals surface area contributed by atoms with Gasteiger partial charge in [-0.25, -0.2) is 0 Å². The summed E-state index contributed by atoms with van der Waals surface area (Å²) in [5.41, 5.74) is 1.75. The molecule has 2 aromatic carbocycles. The van der Waals surface area contributed by atoms with Crippen molar-refractivity contribution < 1.29 is 33.3 Å². The van der Waals surface area contributed by atoms with Crippen LogP contribution in [-0.4, -0.2) is 96.5 Å². The minimum atomic E-state index is -0.694. The van der Waals surface area contributed by atoms with E-state index in [9.17, 15) is 9.59 Å². The second kappa shape index (κ2) is 11.7. The Morgan fingerprint density at radius 3 is 2.22 bits per heavy atom. The van der Waals surface area contributed by atoms with E-state index >= 15 is 0 Å². The van der Waals surface area contributed by atoms with E-state index in [2.05, 4.69) is 10.2 Å². The lowest BCUT2D eigenvalue weighted by Crippen LogP contribution is -2.47. The Balaban J connectivity index is 1.74. The molecule has 2 aliphatic heterocycles. The first kappa shape index (κ1) is 26.6. The third kappa shape index (κ3) is 5.30. The quantitative estimate of drug-likeness (QED) is 0.544. The molecule has 2 atom stereocenters. The first-order chi connectivity index (χ1) is 17.9. The van der Waals surface area contributed by atoms with Crippen LogP contribution >= 0.6 is 0 Å². The Bertz CT molecular complexity index is 1130. The topological polar surface area (TPSA) is 98.8 Å². The molecule has 37 heavy (non-hydrogen) atoms. The Hall–Kier alpha value is -3.50. The number of fused-ring (bicyclic) bond motifs is 1. The van der Waals surface area contributed by atoms with Gasteiger partial charge in [0.05, 0.1) is 53.6 Å². The molecule has 10 nitrogen and oxygen atoms in total. The van der Waals surface area contributed by atoms with E-state index in [1.54, 1.807) is 44.4 Å². The second-order valence-corrected chi connectivity index (χ2v) is 8.99. The van der Waals surface area contributed by atoms with Gasteiger partial charge in [0.1, 0.15) is 0 Å². The molecule has 2 heterocycles. The molecular weight excluding hydrogens is 478 g/mol. The van der Waals surface area contributed by atoms with Crippen molar-refractivity contribution in [3.05, 3.63) is 47.0 Å². The van der Waals surface area contributed by atoms with Crippen molar-refractivity contribution in [3.63, 3.8) is 0 Å². The van der Waals surface area contributed by atoms with Crippen LogP contribution in [0.15, 0.2) is 30.3 Å². The van der Waals surface area contributed by atoms with Crippen molar-refractivity contribution in [3.8, 4) is 23.0 Å². The highest BCUT2D eigenvalue weighted by molar-refractivity contribution is 6.02. The minimum Gasteiger partial charge on any atom is -0.493 e. The van der Waals surface area contributed by atoms with Crippen molar-refractivity contribution in [1.82, 2.24) is 15.1 Å². The summed E-state index contributed by atoms with van der Waals surface area (Å²) in [6.45, 7) is 4.26. The van der Waals surface area contributed by atoms with Crippen LogP contribution in [0, 0.1) is 0 Å². The van der Waals surface area contributed by atoms with Crippen LogP contribution in [0.3, 0.4) is 0 Å². The number of rotatable bonds is 9. The fraction of sp³-hybridized carbons (Fsp3) is 0.481. The van der Waals surface area contributed by atoms with Crippen molar-refractivity contribution in [1.29, 1.82) is 0 Å². The number of carbonyl (C=O) groups excluding carboxylic acids is 2. The van der Waals surface area contributed by atoms with Crippen LogP contribution in [-0.2, 0) is 9.53 Å². The molecule has 1 fully saturated rings. The molecule has 0 aliphatic carbocycles. The van der Waals surface area contributed by atoms with Crippen LogP contribution < -0.4 is 24.3 Å². The maximum atomic E-state index is 13.8. The third-order valence-corrected chi connectivity index (χ3v) is 7.04. The first-order valence-electron chi connectivity index (χ1n) is 12.3. The average Bonchev–Trinajstić information content (AvgIpc) is 2.94. The molecule has 0 saturated carbocycles. The van der Waals surface area contributed by atoms with Gasteiger partial charge in [0, 0.05) is 38.8 Å². The largest absolute Gasteiger partial charge is 0.493 e. The zero-order chi connectivity index (χ0) is 26.5. The highest BCUT2D eigenvalue weighted by atomic mass is 16.5. The molecule has 2 aromatic rings. The van der Waals surface area contributed by atoms with Crippen molar-refractivity contribution >= 4 is 11.8 Å². The van der Waals surface area contributed by atoms with Gasteiger partial charge in [0.15, 0.2) is 23.0 Å². The minimum absolute atomic E-state index is 0.180. The molecular formula is C27H35N3O7. The lowest BCUT2D eigenvalue weighted by Gasteiger charge is -2.40. The summed E-state index contributed by atoms with van der Waals surface area (Å²) in [5, 5.41) is 3.11. The molecule has 2 amide bonds. The van der Waals surface area contributed by atoms with Gasteiger partial charge in [-0.15, -0.1) is 0 Å². The summed E-state index contributed by atoms with van der Waals surface area (Å²) in [6.07, 6.45) is 0. The van der Waals surface area contributed by atoms with Crippen LogP contribution in [0.4, 0.5) is 0 Å². The van der Waals surface area contributed by atoms with Gasteiger partial charge in [-0.1, -0.05) is 6.07 Å². The van der Waals surface area contributed by atoms with Gasteiger partial charge in [-0.3, -0.25) is 14.5 Å². The molecule has 0 spiro atoms. The number of carbonyl (C=O) groups is 2. The molecule has 0 radical (unpaired) electrons. The third-order valence-electron chi connectivity index (χ3n) is 7.04. The normalized spacial score (nSPS) is 19.7. The van der Waals surface area contributed by atoms with Crippen LogP contribution in [0.5, 0.6) is 23.0 Å². The molecule has 10 heteroatoms. The van der Waals surface area contributed by atoms with Gasteiger partial charge in [0.2, 0.25) is 5.91 Å². The highest BCUT2D eigenvalue weighted by Crippen LogP contribution is 2.46. The predicted octanol–water partition coefficient (Wildman–Crippen LogP) is 2.08. The Labute approximate surface area is 217 Å².